The molecule has 1 N–H and O–H groups in total. The van der Waals surface area contributed by atoms with Gasteiger partial charge in [-0.1, -0.05) is 12.1 Å². The zero-order valence-corrected chi connectivity index (χ0v) is 13.8. The Labute approximate surface area is 132 Å². The number of hydrogen-bond acceptors (Lipinski definition) is 3. The van der Waals surface area contributed by atoms with Crippen LogP contribution in [-0.4, -0.2) is 29.7 Å². The molecule has 3 rings (SSSR count). The highest BCUT2D eigenvalue weighted by Crippen LogP contribution is 2.31. The van der Waals surface area contributed by atoms with Gasteiger partial charge in [-0.3, -0.25) is 0 Å². The molecule has 1 fully saturated rings. The Morgan fingerprint density at radius 1 is 1.36 bits per heavy atom. The third-order valence-corrected chi connectivity index (χ3v) is 4.20. The summed E-state index contributed by atoms with van der Waals surface area (Å²) in [4.78, 5) is 14.0. The zero-order chi connectivity index (χ0) is 15.7. The molecule has 2 aliphatic rings. The number of carbonyl (C=O) groups excluding carboxylic acids is 1. The SMILES string of the molecule is CC(C)(C)OC(=O)N1CCc2c(cccc2NCC2CC2)C1. The summed E-state index contributed by atoms with van der Waals surface area (Å²) >= 11 is 0. The normalized spacial score (nSPS) is 17.9. The molecule has 0 atom stereocenters. The van der Waals surface area contributed by atoms with Crippen molar-refractivity contribution in [3.63, 3.8) is 0 Å². The third-order valence-electron chi connectivity index (χ3n) is 4.20. The Morgan fingerprint density at radius 2 is 2.14 bits per heavy atom. The van der Waals surface area contributed by atoms with Crippen molar-refractivity contribution in [1.29, 1.82) is 0 Å². The first-order valence-electron chi connectivity index (χ1n) is 8.25. The van der Waals surface area contributed by atoms with Crippen LogP contribution in [0.5, 0.6) is 0 Å². The van der Waals surface area contributed by atoms with Crippen LogP contribution in [0, 0.1) is 5.92 Å². The highest BCUT2D eigenvalue weighted by atomic mass is 16.6. The monoisotopic (exact) mass is 302 g/mol. The van der Waals surface area contributed by atoms with Crippen LogP contribution in [0.25, 0.3) is 0 Å². The lowest BCUT2D eigenvalue weighted by Gasteiger charge is -2.32. The minimum absolute atomic E-state index is 0.213. The van der Waals surface area contributed by atoms with E-state index in [1.807, 2.05) is 20.8 Å². The fourth-order valence-electron chi connectivity index (χ4n) is 2.83. The van der Waals surface area contributed by atoms with Gasteiger partial charge in [0.1, 0.15) is 5.60 Å². The second-order valence-electron chi connectivity index (χ2n) is 7.42. The van der Waals surface area contributed by atoms with Gasteiger partial charge in [-0.05, 0) is 63.1 Å². The molecule has 0 aromatic heterocycles. The van der Waals surface area contributed by atoms with E-state index in [9.17, 15) is 4.79 Å². The van der Waals surface area contributed by atoms with Gasteiger partial charge in [-0.2, -0.15) is 0 Å². The first-order valence-corrected chi connectivity index (χ1v) is 8.25. The van der Waals surface area contributed by atoms with Crippen LogP contribution in [-0.2, 0) is 17.7 Å². The van der Waals surface area contributed by atoms with Crippen LogP contribution in [0.3, 0.4) is 0 Å². The van der Waals surface area contributed by atoms with E-state index in [1.165, 1.54) is 29.7 Å². The van der Waals surface area contributed by atoms with E-state index in [1.54, 1.807) is 4.90 Å². The van der Waals surface area contributed by atoms with Gasteiger partial charge in [0.25, 0.3) is 0 Å². The highest BCUT2D eigenvalue weighted by molar-refractivity contribution is 5.69. The number of nitrogens with one attached hydrogen (secondary N) is 1. The number of anilines is 1. The molecule has 4 heteroatoms. The smallest absolute Gasteiger partial charge is 0.410 e. The van der Waals surface area contributed by atoms with Crippen LogP contribution in [0.2, 0.25) is 0 Å². The van der Waals surface area contributed by atoms with Crippen LogP contribution >= 0.6 is 0 Å². The first kappa shape index (κ1) is 15.2. The Morgan fingerprint density at radius 3 is 2.82 bits per heavy atom. The Hall–Kier alpha value is -1.71. The molecule has 120 valence electrons. The molecule has 1 amide bonds. The van der Waals surface area contributed by atoms with Gasteiger partial charge in [0.2, 0.25) is 0 Å². The largest absolute Gasteiger partial charge is 0.444 e. The van der Waals surface area contributed by atoms with Gasteiger partial charge in [-0.25, -0.2) is 4.79 Å². The minimum Gasteiger partial charge on any atom is -0.444 e. The second kappa shape index (κ2) is 5.82. The lowest BCUT2D eigenvalue weighted by Crippen LogP contribution is -2.40. The van der Waals surface area contributed by atoms with Gasteiger partial charge in [0, 0.05) is 25.3 Å². The molecule has 0 unspecified atom stereocenters. The molecule has 1 aliphatic heterocycles. The van der Waals surface area contributed by atoms with E-state index in [-0.39, 0.29) is 6.09 Å². The standard InChI is InChI=1S/C18H26N2O2/c1-18(2,3)22-17(21)20-10-9-15-14(12-20)5-4-6-16(15)19-11-13-7-8-13/h4-6,13,19H,7-12H2,1-3H3. The van der Waals surface area contributed by atoms with Crippen molar-refractivity contribution in [2.24, 2.45) is 5.92 Å². The highest BCUT2D eigenvalue weighted by Gasteiger charge is 2.27. The van der Waals surface area contributed by atoms with Gasteiger partial charge >= 0.3 is 6.09 Å². The summed E-state index contributed by atoms with van der Waals surface area (Å²) in [5.74, 6) is 0.859. The van der Waals surface area contributed by atoms with Crippen molar-refractivity contribution < 1.29 is 9.53 Å². The summed E-state index contributed by atoms with van der Waals surface area (Å²) in [5, 5.41) is 3.58. The van der Waals surface area contributed by atoms with E-state index >= 15 is 0 Å². The number of fused-ring (bicyclic) bond motifs is 1. The number of benzene rings is 1. The maximum Gasteiger partial charge on any atom is 0.410 e. The van der Waals surface area contributed by atoms with Crippen LogP contribution < -0.4 is 5.32 Å². The molecule has 4 nitrogen and oxygen atoms in total. The summed E-state index contributed by atoms with van der Waals surface area (Å²) in [7, 11) is 0. The molecular weight excluding hydrogens is 276 g/mol. The predicted molar refractivity (Wildman–Crippen MR) is 88.0 cm³/mol. The van der Waals surface area contributed by atoms with Crippen molar-refractivity contribution >= 4 is 11.8 Å². The lowest BCUT2D eigenvalue weighted by atomic mass is 9.98. The fourth-order valence-corrected chi connectivity index (χ4v) is 2.83. The summed E-state index contributed by atoms with van der Waals surface area (Å²) in [6.45, 7) is 8.16. The molecule has 1 saturated carbocycles. The maximum absolute atomic E-state index is 12.2. The quantitative estimate of drug-likeness (QED) is 0.923. The summed E-state index contributed by atoms with van der Waals surface area (Å²) in [6.07, 6.45) is 3.39. The van der Waals surface area contributed by atoms with Crippen molar-refractivity contribution in [3.8, 4) is 0 Å². The van der Waals surface area contributed by atoms with Crippen molar-refractivity contribution in [3.05, 3.63) is 29.3 Å². The molecule has 0 radical (unpaired) electrons. The maximum atomic E-state index is 12.2. The number of carbonyl (C=O) groups is 1. The Kier molecular flexibility index (Phi) is 4.02. The topological polar surface area (TPSA) is 41.6 Å². The molecule has 1 aliphatic carbocycles. The predicted octanol–water partition coefficient (Wildman–Crippen LogP) is 3.80. The van der Waals surface area contributed by atoms with E-state index in [4.69, 9.17) is 4.74 Å². The average molecular weight is 302 g/mol. The lowest BCUT2D eigenvalue weighted by molar-refractivity contribution is 0.0224. The molecule has 1 aromatic carbocycles. The van der Waals surface area contributed by atoms with E-state index in [0.717, 1.165) is 25.4 Å². The molecule has 0 saturated heterocycles. The number of nitrogens with zero attached hydrogens (tertiary/aromatic N) is 1. The number of amides is 1. The van der Waals surface area contributed by atoms with Gasteiger partial charge in [0.15, 0.2) is 0 Å². The summed E-state index contributed by atoms with van der Waals surface area (Å²) in [5.41, 5.74) is 3.40. The molecule has 1 heterocycles. The van der Waals surface area contributed by atoms with Gasteiger partial charge in [0.05, 0.1) is 0 Å². The van der Waals surface area contributed by atoms with Crippen molar-refractivity contribution in [1.82, 2.24) is 4.90 Å². The number of rotatable bonds is 3. The third kappa shape index (κ3) is 3.73. The zero-order valence-electron chi connectivity index (χ0n) is 13.8. The van der Waals surface area contributed by atoms with E-state index < -0.39 is 5.60 Å². The second-order valence-corrected chi connectivity index (χ2v) is 7.42. The van der Waals surface area contributed by atoms with Crippen molar-refractivity contribution in [2.45, 2.75) is 52.2 Å². The Bertz CT molecular complexity index is 559. The van der Waals surface area contributed by atoms with Crippen molar-refractivity contribution in [2.75, 3.05) is 18.4 Å². The van der Waals surface area contributed by atoms with Crippen LogP contribution in [0.15, 0.2) is 18.2 Å². The fraction of sp³-hybridized carbons (Fsp3) is 0.611. The molecule has 0 bridgehead atoms. The van der Waals surface area contributed by atoms with Gasteiger partial charge in [-0.15, -0.1) is 0 Å². The molecule has 22 heavy (non-hydrogen) atoms. The number of hydrogen-bond donors (Lipinski definition) is 1. The summed E-state index contributed by atoms with van der Waals surface area (Å²) < 4.78 is 5.48. The average Bonchev–Trinajstić information content (AvgIpc) is 3.26. The van der Waals surface area contributed by atoms with E-state index in [0.29, 0.717) is 6.54 Å². The van der Waals surface area contributed by atoms with E-state index in [2.05, 4.69) is 23.5 Å². The minimum atomic E-state index is -0.439. The first-order chi connectivity index (χ1) is 10.4. The molecular formula is C18H26N2O2. The van der Waals surface area contributed by atoms with Crippen LogP contribution in [0.1, 0.15) is 44.7 Å². The Balaban J connectivity index is 1.67. The molecule has 1 aromatic rings. The molecule has 0 spiro atoms. The summed E-state index contributed by atoms with van der Waals surface area (Å²) in [6, 6.07) is 6.35. The number of ether oxygens (including phenoxy) is 1. The van der Waals surface area contributed by atoms with Gasteiger partial charge < -0.3 is 15.0 Å². The van der Waals surface area contributed by atoms with Crippen LogP contribution in [0.4, 0.5) is 10.5 Å².